The van der Waals surface area contributed by atoms with E-state index in [0.29, 0.717) is 34.4 Å². The molecule has 2 heterocycles. The maximum Gasteiger partial charge on any atom is 0.149 e. The fourth-order valence-electron chi connectivity index (χ4n) is 4.18. The Morgan fingerprint density at radius 3 is 2.56 bits per heavy atom. The minimum Gasteiger partial charge on any atom is -0.383 e. The van der Waals surface area contributed by atoms with Crippen molar-refractivity contribution in [3.63, 3.8) is 0 Å². The average Bonchev–Trinajstić information content (AvgIpc) is 3.53. The minimum atomic E-state index is -0.406. The quantitative estimate of drug-likeness (QED) is 0.337. The minimum absolute atomic E-state index is 0.284. The summed E-state index contributed by atoms with van der Waals surface area (Å²) in [6, 6.07) is 4.47. The van der Waals surface area contributed by atoms with Gasteiger partial charge in [-0.25, -0.2) is 14.4 Å². The van der Waals surface area contributed by atoms with Gasteiger partial charge in [-0.3, -0.25) is 0 Å². The van der Waals surface area contributed by atoms with E-state index in [2.05, 4.69) is 32.8 Å². The van der Waals surface area contributed by atoms with Crippen LogP contribution < -0.4 is 16.0 Å². The van der Waals surface area contributed by atoms with E-state index in [1.54, 1.807) is 19.4 Å². The lowest BCUT2D eigenvalue weighted by Crippen LogP contribution is -2.38. The Balaban J connectivity index is 1.41. The maximum atomic E-state index is 14.7. The van der Waals surface area contributed by atoms with Gasteiger partial charge in [-0.15, -0.1) is 0 Å². The van der Waals surface area contributed by atoms with Gasteiger partial charge in [0, 0.05) is 43.4 Å². The third kappa shape index (κ3) is 6.09. The van der Waals surface area contributed by atoms with Crippen molar-refractivity contribution in [2.24, 2.45) is 5.41 Å². The fourth-order valence-corrected chi connectivity index (χ4v) is 4.38. The van der Waals surface area contributed by atoms with Crippen molar-refractivity contribution in [1.82, 2.24) is 15.3 Å². The first-order valence-corrected chi connectivity index (χ1v) is 11.9. The number of nitrogens with one attached hydrogen (secondary N) is 3. The van der Waals surface area contributed by atoms with E-state index in [1.807, 2.05) is 6.07 Å². The molecular formula is C24H33ClFN5O. The lowest BCUT2D eigenvalue weighted by Gasteiger charge is -2.30. The fraction of sp³-hybridized carbons (Fsp3) is 0.583. The Morgan fingerprint density at radius 2 is 1.84 bits per heavy atom. The first kappa shape index (κ1) is 23.2. The molecule has 0 spiro atoms. The van der Waals surface area contributed by atoms with Crippen molar-refractivity contribution >= 4 is 23.1 Å². The number of ether oxygens (including phenoxy) is 1. The van der Waals surface area contributed by atoms with Gasteiger partial charge in [0.15, 0.2) is 0 Å². The maximum absolute atomic E-state index is 14.7. The summed E-state index contributed by atoms with van der Waals surface area (Å²) < 4.78 is 19.8. The van der Waals surface area contributed by atoms with E-state index >= 15 is 0 Å². The molecule has 0 amide bonds. The molecule has 3 N–H and O–H groups in total. The highest BCUT2D eigenvalue weighted by Gasteiger charge is 2.36. The molecule has 2 aromatic heterocycles. The molecule has 2 fully saturated rings. The molecule has 6 nitrogen and oxygen atoms in total. The molecule has 2 aliphatic carbocycles. The number of hydrogen-bond acceptors (Lipinski definition) is 6. The van der Waals surface area contributed by atoms with Crippen LogP contribution in [0.3, 0.4) is 0 Å². The number of anilines is 2. The Bertz CT molecular complexity index is 915. The summed E-state index contributed by atoms with van der Waals surface area (Å²) in [7, 11) is 1.72. The normalized spacial score (nSPS) is 21.9. The van der Waals surface area contributed by atoms with Crippen LogP contribution in [0.5, 0.6) is 0 Å². The summed E-state index contributed by atoms with van der Waals surface area (Å²) in [6.45, 7) is 4.75. The molecule has 0 atom stereocenters. The second-order valence-corrected chi connectivity index (χ2v) is 9.77. The van der Waals surface area contributed by atoms with Crippen LogP contribution >= 0.6 is 11.6 Å². The van der Waals surface area contributed by atoms with Crippen molar-refractivity contribution in [3.05, 3.63) is 35.5 Å². The molecule has 2 aliphatic rings. The van der Waals surface area contributed by atoms with Crippen molar-refractivity contribution < 1.29 is 9.13 Å². The van der Waals surface area contributed by atoms with Gasteiger partial charge in [-0.1, -0.05) is 18.5 Å². The zero-order valence-electron chi connectivity index (χ0n) is 18.9. The van der Waals surface area contributed by atoms with E-state index in [4.69, 9.17) is 16.3 Å². The van der Waals surface area contributed by atoms with Crippen molar-refractivity contribution in [1.29, 1.82) is 0 Å². The van der Waals surface area contributed by atoms with Crippen LogP contribution in [0.1, 0.15) is 45.4 Å². The Hall–Kier alpha value is -1.96. The van der Waals surface area contributed by atoms with Crippen LogP contribution in [0.25, 0.3) is 11.1 Å². The molecule has 0 unspecified atom stereocenters. The molecule has 0 radical (unpaired) electrons. The monoisotopic (exact) mass is 461 g/mol. The second kappa shape index (κ2) is 10.3. The molecule has 0 aromatic carbocycles. The van der Waals surface area contributed by atoms with E-state index in [-0.39, 0.29) is 5.15 Å². The van der Waals surface area contributed by atoms with Crippen molar-refractivity contribution in [3.8, 4) is 11.1 Å². The Morgan fingerprint density at radius 1 is 1.09 bits per heavy atom. The summed E-state index contributed by atoms with van der Waals surface area (Å²) in [6.07, 6.45) is 9.70. The van der Waals surface area contributed by atoms with Crippen LogP contribution in [0, 0.1) is 11.2 Å². The van der Waals surface area contributed by atoms with Gasteiger partial charge in [0.2, 0.25) is 0 Å². The summed E-state index contributed by atoms with van der Waals surface area (Å²) in [4.78, 5) is 8.55. The summed E-state index contributed by atoms with van der Waals surface area (Å²) in [5, 5.41) is 10.7. The first-order chi connectivity index (χ1) is 15.5. The predicted octanol–water partition coefficient (Wildman–Crippen LogP) is 5.11. The van der Waals surface area contributed by atoms with Crippen LogP contribution in [0.4, 0.5) is 15.9 Å². The number of hydrogen-bond donors (Lipinski definition) is 3. The molecule has 174 valence electrons. The van der Waals surface area contributed by atoms with Crippen LogP contribution in [-0.4, -0.2) is 48.9 Å². The van der Waals surface area contributed by atoms with Gasteiger partial charge in [0.05, 0.1) is 24.7 Å². The largest absolute Gasteiger partial charge is 0.383 e. The highest BCUT2D eigenvalue weighted by Crippen LogP contribution is 2.45. The summed E-state index contributed by atoms with van der Waals surface area (Å²) >= 11 is 6.36. The molecule has 0 aliphatic heterocycles. The number of halogens is 2. The lowest BCUT2D eigenvalue weighted by atomic mass is 9.91. The standard InChI is InChI=1S/C24H33ClFN5O/c1-24(7-8-24)15-30-18-11-20(23(25)29-13-18)19-12-22(28-14-21(19)26)31-17-5-3-16(4-6-17)27-9-10-32-2/h11-14,16-17,27,30H,3-10,15H2,1-2H3,(H,28,31)/t16-,17-. The topological polar surface area (TPSA) is 71.1 Å². The molecular weight excluding hydrogens is 429 g/mol. The predicted molar refractivity (Wildman–Crippen MR) is 128 cm³/mol. The zero-order chi connectivity index (χ0) is 22.6. The summed E-state index contributed by atoms with van der Waals surface area (Å²) in [5.41, 5.74) is 2.20. The smallest absolute Gasteiger partial charge is 0.149 e. The number of aromatic nitrogens is 2. The highest BCUT2D eigenvalue weighted by molar-refractivity contribution is 6.32. The number of nitrogens with zero attached hydrogens (tertiary/aromatic N) is 2. The number of rotatable bonds is 10. The van der Waals surface area contributed by atoms with Gasteiger partial charge >= 0.3 is 0 Å². The van der Waals surface area contributed by atoms with E-state index in [1.165, 1.54) is 19.0 Å². The Labute approximate surface area is 194 Å². The number of pyridine rings is 2. The van der Waals surface area contributed by atoms with E-state index < -0.39 is 5.82 Å². The molecule has 0 saturated heterocycles. The molecule has 0 bridgehead atoms. The Kier molecular flexibility index (Phi) is 7.48. The van der Waals surface area contributed by atoms with Crippen molar-refractivity contribution in [2.45, 2.75) is 57.5 Å². The molecule has 2 aromatic rings. The number of methoxy groups -OCH3 is 1. The molecule has 32 heavy (non-hydrogen) atoms. The van der Waals surface area contributed by atoms with Gasteiger partial charge in [0.25, 0.3) is 0 Å². The van der Waals surface area contributed by atoms with Gasteiger partial charge in [-0.05, 0) is 56.1 Å². The lowest BCUT2D eigenvalue weighted by molar-refractivity contribution is 0.191. The van der Waals surface area contributed by atoms with Gasteiger partial charge in [0.1, 0.15) is 16.8 Å². The van der Waals surface area contributed by atoms with Crippen LogP contribution in [-0.2, 0) is 4.74 Å². The van der Waals surface area contributed by atoms with E-state index in [0.717, 1.165) is 51.1 Å². The molecule has 8 heteroatoms. The third-order valence-electron chi connectivity index (χ3n) is 6.63. The van der Waals surface area contributed by atoms with E-state index in [9.17, 15) is 4.39 Å². The highest BCUT2D eigenvalue weighted by atomic mass is 35.5. The van der Waals surface area contributed by atoms with Crippen LogP contribution in [0.15, 0.2) is 24.5 Å². The SMILES string of the molecule is COCCN[C@H]1CC[C@H](Nc2cc(-c3cc(NCC4(C)CC4)cnc3Cl)c(F)cn2)CC1. The van der Waals surface area contributed by atoms with Gasteiger partial charge < -0.3 is 20.7 Å². The third-order valence-corrected chi connectivity index (χ3v) is 6.93. The average molecular weight is 462 g/mol. The zero-order valence-corrected chi connectivity index (χ0v) is 19.6. The first-order valence-electron chi connectivity index (χ1n) is 11.5. The van der Waals surface area contributed by atoms with Gasteiger partial charge in [-0.2, -0.15) is 0 Å². The molecule has 4 rings (SSSR count). The second-order valence-electron chi connectivity index (χ2n) is 9.42. The van der Waals surface area contributed by atoms with Crippen molar-refractivity contribution in [2.75, 3.05) is 37.4 Å². The molecule has 2 saturated carbocycles. The van der Waals surface area contributed by atoms with Crippen LogP contribution in [0.2, 0.25) is 5.15 Å². The summed E-state index contributed by atoms with van der Waals surface area (Å²) in [5.74, 6) is 0.258.